The quantitative estimate of drug-likeness (QED) is 0.721. The van der Waals surface area contributed by atoms with Crippen molar-refractivity contribution in [3.63, 3.8) is 0 Å². The highest BCUT2D eigenvalue weighted by Crippen LogP contribution is 2.28. The number of hydrogen-bond acceptors (Lipinski definition) is 5. The Hall–Kier alpha value is -3.06. The second kappa shape index (κ2) is 9.43. The van der Waals surface area contributed by atoms with Gasteiger partial charge in [0.1, 0.15) is 5.75 Å². The minimum Gasteiger partial charge on any atom is -0.494 e. The van der Waals surface area contributed by atoms with E-state index in [9.17, 15) is 9.59 Å². The normalized spacial score (nSPS) is 14.4. The fourth-order valence-electron chi connectivity index (χ4n) is 3.35. The van der Waals surface area contributed by atoms with E-state index in [1.165, 1.54) is 12.0 Å². The lowest BCUT2D eigenvalue weighted by Crippen LogP contribution is -3.12. The Morgan fingerprint density at radius 3 is 2.34 bits per heavy atom. The number of amides is 1. The van der Waals surface area contributed by atoms with Gasteiger partial charge in [0.15, 0.2) is 0 Å². The predicted octanol–water partition coefficient (Wildman–Crippen LogP) is 1.46. The monoisotopic (exact) mass is 398 g/mol. The topological polar surface area (TPSA) is 72.3 Å². The maximum atomic E-state index is 12.8. The van der Waals surface area contributed by atoms with Crippen LogP contribution in [0, 0.1) is 0 Å². The van der Waals surface area contributed by atoms with E-state index in [2.05, 4.69) is 17.3 Å². The highest BCUT2D eigenvalue weighted by molar-refractivity contribution is 6.07. The maximum Gasteiger partial charge on any atom is 0.337 e. The van der Waals surface area contributed by atoms with Crippen molar-refractivity contribution in [3.05, 3.63) is 53.6 Å². The van der Waals surface area contributed by atoms with Crippen molar-refractivity contribution in [1.29, 1.82) is 0 Å². The number of anilines is 2. The first-order valence-corrected chi connectivity index (χ1v) is 9.84. The van der Waals surface area contributed by atoms with Crippen LogP contribution >= 0.6 is 0 Å². The molecule has 29 heavy (non-hydrogen) atoms. The Balaban J connectivity index is 1.86. The summed E-state index contributed by atoms with van der Waals surface area (Å²) in [6, 6.07) is 12.3. The smallest absolute Gasteiger partial charge is 0.337 e. The van der Waals surface area contributed by atoms with Crippen molar-refractivity contribution in [1.82, 2.24) is 0 Å². The van der Waals surface area contributed by atoms with E-state index >= 15 is 0 Å². The number of benzene rings is 2. The largest absolute Gasteiger partial charge is 0.494 e. The molecule has 1 saturated heterocycles. The molecule has 0 spiro atoms. The number of carbonyl (C=O) groups excluding carboxylic acids is 2. The number of methoxy groups -OCH3 is 1. The number of ether oxygens (including phenoxy) is 2. The summed E-state index contributed by atoms with van der Waals surface area (Å²) in [5.74, 6) is 0.0457. The van der Waals surface area contributed by atoms with E-state index < -0.39 is 5.97 Å². The van der Waals surface area contributed by atoms with Crippen LogP contribution in [0.3, 0.4) is 0 Å². The van der Waals surface area contributed by atoms with Crippen LogP contribution in [0.2, 0.25) is 0 Å². The van der Waals surface area contributed by atoms with Gasteiger partial charge in [0.05, 0.1) is 63.9 Å². The van der Waals surface area contributed by atoms with Gasteiger partial charge in [-0.3, -0.25) is 4.79 Å². The summed E-state index contributed by atoms with van der Waals surface area (Å²) in [5, 5.41) is 2.97. The molecule has 0 atom stereocenters. The Morgan fingerprint density at radius 2 is 1.72 bits per heavy atom. The summed E-state index contributed by atoms with van der Waals surface area (Å²) in [7, 11) is 3.52. The molecule has 2 aromatic carbocycles. The molecule has 0 unspecified atom stereocenters. The molecule has 0 bridgehead atoms. The molecule has 1 aliphatic rings. The minimum atomic E-state index is -0.434. The SMILES string of the molecule is CCOc1ccc(C(=O)Nc2cc(C(=O)OC)ccc2N2CC[NH+](C)CC2)cc1. The third-order valence-corrected chi connectivity index (χ3v) is 5.05. The Bertz CT molecular complexity index is 859. The summed E-state index contributed by atoms with van der Waals surface area (Å²) in [4.78, 5) is 28.5. The maximum absolute atomic E-state index is 12.8. The first-order chi connectivity index (χ1) is 14.0. The van der Waals surface area contributed by atoms with Gasteiger partial charge in [-0.05, 0) is 49.4 Å². The molecule has 0 saturated carbocycles. The van der Waals surface area contributed by atoms with Crippen LogP contribution in [0.15, 0.2) is 42.5 Å². The molecular weight excluding hydrogens is 370 g/mol. The number of nitrogens with one attached hydrogen (secondary N) is 2. The number of likely N-dealkylation sites (N-methyl/N-ethyl adjacent to an activating group) is 1. The van der Waals surface area contributed by atoms with Crippen LogP contribution in [-0.4, -0.2) is 58.8 Å². The van der Waals surface area contributed by atoms with Crippen LogP contribution < -0.4 is 19.9 Å². The van der Waals surface area contributed by atoms with Gasteiger partial charge >= 0.3 is 5.97 Å². The first kappa shape index (κ1) is 20.7. The molecule has 2 N–H and O–H groups in total. The van der Waals surface area contributed by atoms with Crippen LogP contribution in [0.1, 0.15) is 27.6 Å². The minimum absolute atomic E-state index is 0.240. The summed E-state index contributed by atoms with van der Waals surface area (Å²) < 4.78 is 10.3. The summed E-state index contributed by atoms with van der Waals surface area (Å²) in [5.41, 5.74) is 2.43. The fraction of sp³-hybridized carbons (Fsp3) is 0.364. The van der Waals surface area contributed by atoms with Gasteiger partial charge in [-0.2, -0.15) is 0 Å². The van der Waals surface area contributed by atoms with Crippen LogP contribution in [0.4, 0.5) is 11.4 Å². The van der Waals surface area contributed by atoms with Gasteiger partial charge in [0.2, 0.25) is 0 Å². The van der Waals surface area contributed by atoms with E-state index in [1.807, 2.05) is 13.0 Å². The lowest BCUT2D eigenvalue weighted by molar-refractivity contribution is -0.880. The van der Waals surface area contributed by atoms with E-state index in [0.717, 1.165) is 37.6 Å². The third-order valence-electron chi connectivity index (χ3n) is 5.05. The summed E-state index contributed by atoms with van der Waals surface area (Å²) in [6.45, 7) is 6.29. The number of quaternary nitrogens is 1. The van der Waals surface area contributed by atoms with Crippen LogP contribution in [0.5, 0.6) is 5.75 Å². The fourth-order valence-corrected chi connectivity index (χ4v) is 3.35. The molecule has 0 radical (unpaired) electrons. The molecule has 0 aromatic heterocycles. The van der Waals surface area contributed by atoms with Crippen LogP contribution in [0.25, 0.3) is 0 Å². The van der Waals surface area contributed by atoms with Crippen molar-refractivity contribution in [3.8, 4) is 5.75 Å². The van der Waals surface area contributed by atoms with Gasteiger partial charge < -0.3 is 24.6 Å². The zero-order valence-electron chi connectivity index (χ0n) is 17.2. The van der Waals surface area contributed by atoms with Crippen molar-refractivity contribution < 1.29 is 24.0 Å². The molecule has 154 valence electrons. The standard InChI is InChI=1S/C22H27N3O4/c1-4-29-18-8-5-16(6-9-18)21(26)23-19-15-17(22(27)28-3)7-10-20(19)25-13-11-24(2)12-14-25/h5-10,15H,4,11-14H2,1-3H3,(H,23,26)/p+1. The molecule has 3 rings (SSSR count). The highest BCUT2D eigenvalue weighted by atomic mass is 16.5. The van der Waals surface area contributed by atoms with E-state index in [0.29, 0.717) is 23.4 Å². The third kappa shape index (κ3) is 5.06. The number of carbonyl (C=O) groups is 2. The van der Waals surface area contributed by atoms with Gasteiger partial charge in [0, 0.05) is 5.56 Å². The molecule has 7 heteroatoms. The van der Waals surface area contributed by atoms with Gasteiger partial charge in [-0.15, -0.1) is 0 Å². The van der Waals surface area contributed by atoms with E-state index in [4.69, 9.17) is 9.47 Å². The van der Waals surface area contributed by atoms with Crippen LogP contribution in [-0.2, 0) is 4.74 Å². The molecule has 2 aromatic rings. The van der Waals surface area contributed by atoms with Gasteiger partial charge in [-0.25, -0.2) is 4.79 Å². The second-order valence-corrected chi connectivity index (χ2v) is 7.08. The first-order valence-electron chi connectivity index (χ1n) is 9.84. The highest BCUT2D eigenvalue weighted by Gasteiger charge is 2.21. The van der Waals surface area contributed by atoms with Gasteiger partial charge in [-0.1, -0.05) is 0 Å². The molecule has 7 nitrogen and oxygen atoms in total. The molecular formula is C22H28N3O4+. The predicted molar refractivity (Wildman–Crippen MR) is 112 cm³/mol. The number of esters is 1. The summed E-state index contributed by atoms with van der Waals surface area (Å²) >= 11 is 0. The summed E-state index contributed by atoms with van der Waals surface area (Å²) in [6.07, 6.45) is 0. The lowest BCUT2D eigenvalue weighted by atomic mass is 10.1. The average molecular weight is 398 g/mol. The van der Waals surface area contributed by atoms with Gasteiger partial charge in [0.25, 0.3) is 5.91 Å². The zero-order chi connectivity index (χ0) is 20.8. The molecule has 1 fully saturated rings. The van der Waals surface area contributed by atoms with Crippen molar-refractivity contribution in [2.24, 2.45) is 0 Å². The average Bonchev–Trinajstić information content (AvgIpc) is 2.74. The Labute approximate surface area is 171 Å². The molecule has 1 amide bonds. The van der Waals surface area contributed by atoms with Crippen molar-refractivity contribution >= 4 is 23.3 Å². The Kier molecular flexibility index (Phi) is 6.72. The van der Waals surface area contributed by atoms with Crippen molar-refractivity contribution in [2.75, 3.05) is 57.2 Å². The zero-order valence-corrected chi connectivity index (χ0v) is 17.2. The number of piperazine rings is 1. The molecule has 1 heterocycles. The second-order valence-electron chi connectivity index (χ2n) is 7.08. The number of hydrogen-bond donors (Lipinski definition) is 2. The van der Waals surface area contributed by atoms with Crippen molar-refractivity contribution in [2.45, 2.75) is 6.92 Å². The van der Waals surface area contributed by atoms with E-state index in [-0.39, 0.29) is 5.91 Å². The number of nitrogens with zero attached hydrogens (tertiary/aromatic N) is 1. The van der Waals surface area contributed by atoms with E-state index in [1.54, 1.807) is 36.4 Å². The molecule has 1 aliphatic heterocycles. The lowest BCUT2D eigenvalue weighted by Gasteiger charge is -2.33. The Morgan fingerprint density at radius 1 is 1.07 bits per heavy atom. The number of rotatable bonds is 6. The molecule has 0 aliphatic carbocycles.